The molecule has 88 valence electrons. The van der Waals surface area contributed by atoms with Gasteiger partial charge in [0.05, 0.1) is 0 Å². The van der Waals surface area contributed by atoms with Gasteiger partial charge in [-0.3, -0.25) is 21.1 Å². The number of hydrogen-bond donors (Lipinski definition) is 3. The first-order chi connectivity index (χ1) is 8.79. The van der Waals surface area contributed by atoms with Gasteiger partial charge < -0.3 is 0 Å². The van der Waals surface area contributed by atoms with Crippen LogP contribution in [-0.2, 0) is 0 Å². The van der Waals surface area contributed by atoms with Crippen molar-refractivity contribution >= 4 is 5.84 Å². The highest BCUT2D eigenvalue weighted by molar-refractivity contribution is 5.95. The minimum Gasteiger partial charge on any atom is -0.290 e. The molecular weight excluding hydrogens is 226 g/mol. The molecule has 1 aromatic carbocycles. The predicted octanol–water partition coefficient (Wildman–Crippen LogP) is 1.79. The van der Waals surface area contributed by atoms with E-state index in [1.165, 1.54) is 0 Å². The van der Waals surface area contributed by atoms with Gasteiger partial charge in [0.15, 0.2) is 0 Å². The molecule has 0 fully saturated rings. The Labute approximate surface area is 105 Å². The van der Waals surface area contributed by atoms with E-state index in [-0.39, 0.29) is 5.84 Å². The molecule has 4 nitrogen and oxygen atoms in total. The van der Waals surface area contributed by atoms with Crippen molar-refractivity contribution in [3.05, 3.63) is 65.5 Å². The van der Waals surface area contributed by atoms with Crippen molar-refractivity contribution in [2.75, 3.05) is 0 Å². The van der Waals surface area contributed by atoms with E-state index in [2.05, 4.69) is 16.8 Å². The number of pyridine rings is 1. The smallest absolute Gasteiger partial charge is 0.149 e. The molecule has 0 aliphatic carbocycles. The fourth-order valence-corrected chi connectivity index (χ4v) is 1.36. The summed E-state index contributed by atoms with van der Waals surface area (Å²) < 4.78 is 0. The molecule has 3 N–H and O–H groups in total. The molecule has 1 heterocycles. The van der Waals surface area contributed by atoms with Crippen molar-refractivity contribution in [2.24, 2.45) is 0 Å². The molecule has 18 heavy (non-hydrogen) atoms. The zero-order chi connectivity index (χ0) is 12.8. The van der Waals surface area contributed by atoms with Gasteiger partial charge in [0.25, 0.3) is 0 Å². The lowest BCUT2D eigenvalue weighted by Crippen LogP contribution is -2.18. The zero-order valence-corrected chi connectivity index (χ0v) is 9.51. The van der Waals surface area contributed by atoms with Gasteiger partial charge in [-0.15, -0.1) is 0 Å². The average molecular weight is 237 g/mol. The molecule has 0 aliphatic rings. The van der Waals surface area contributed by atoms with Crippen LogP contribution in [0.4, 0.5) is 0 Å². The van der Waals surface area contributed by atoms with Gasteiger partial charge in [-0.25, -0.2) is 0 Å². The summed E-state index contributed by atoms with van der Waals surface area (Å²) in [4.78, 5) is 3.92. The first kappa shape index (κ1) is 11.8. The van der Waals surface area contributed by atoms with Gasteiger partial charge in [0, 0.05) is 29.1 Å². The molecule has 0 saturated heterocycles. The quantitative estimate of drug-likeness (QED) is 0.306. The maximum absolute atomic E-state index is 8.60. The van der Waals surface area contributed by atoms with Crippen molar-refractivity contribution < 1.29 is 5.21 Å². The summed E-state index contributed by atoms with van der Waals surface area (Å²) in [5.41, 5.74) is 4.15. The van der Waals surface area contributed by atoms with Crippen LogP contribution < -0.4 is 5.48 Å². The molecule has 0 saturated carbocycles. The highest BCUT2D eigenvalue weighted by Gasteiger charge is 1.97. The van der Waals surface area contributed by atoms with Gasteiger partial charge in [-0.05, 0) is 36.4 Å². The molecule has 2 aromatic rings. The third-order valence-electron chi connectivity index (χ3n) is 2.32. The second-order valence-electron chi connectivity index (χ2n) is 3.55. The Balaban J connectivity index is 2.17. The summed E-state index contributed by atoms with van der Waals surface area (Å²) in [6.45, 7) is 0. The summed E-state index contributed by atoms with van der Waals surface area (Å²) in [6.07, 6.45) is 3.39. The number of amidine groups is 1. The van der Waals surface area contributed by atoms with Crippen LogP contribution in [0.2, 0.25) is 0 Å². The number of benzene rings is 1. The van der Waals surface area contributed by atoms with Gasteiger partial charge in [0.2, 0.25) is 0 Å². The molecule has 0 radical (unpaired) electrons. The average Bonchev–Trinajstić information content (AvgIpc) is 2.46. The Bertz CT molecular complexity index is 594. The first-order valence-corrected chi connectivity index (χ1v) is 5.31. The zero-order valence-electron chi connectivity index (χ0n) is 9.51. The van der Waals surface area contributed by atoms with Crippen molar-refractivity contribution in [1.82, 2.24) is 10.5 Å². The number of hydrogen-bond acceptors (Lipinski definition) is 3. The van der Waals surface area contributed by atoms with Crippen LogP contribution in [0.5, 0.6) is 0 Å². The largest absolute Gasteiger partial charge is 0.290 e. The number of rotatable bonds is 1. The fourth-order valence-electron chi connectivity index (χ4n) is 1.36. The lowest BCUT2D eigenvalue weighted by molar-refractivity contribution is 0.234. The van der Waals surface area contributed by atoms with Crippen LogP contribution in [0.15, 0.2) is 48.8 Å². The standard InChI is InChI=1S/C14H11N3O/c15-14(17-18)13-5-3-11(4-6-13)1-2-12-7-9-16-10-8-12/h3-10,18H,(H2,15,17). The number of aromatic nitrogens is 1. The molecule has 4 heteroatoms. The Morgan fingerprint density at radius 3 is 2.11 bits per heavy atom. The van der Waals surface area contributed by atoms with E-state index in [9.17, 15) is 0 Å². The Morgan fingerprint density at radius 1 is 1.00 bits per heavy atom. The van der Waals surface area contributed by atoms with Gasteiger partial charge in [0.1, 0.15) is 5.84 Å². The highest BCUT2D eigenvalue weighted by Crippen LogP contribution is 2.03. The number of hydroxylamine groups is 1. The lowest BCUT2D eigenvalue weighted by atomic mass is 10.1. The second kappa shape index (κ2) is 5.62. The maximum Gasteiger partial charge on any atom is 0.149 e. The third-order valence-corrected chi connectivity index (χ3v) is 2.32. The molecule has 0 unspecified atom stereocenters. The summed E-state index contributed by atoms with van der Waals surface area (Å²) in [7, 11) is 0. The van der Waals surface area contributed by atoms with Crippen molar-refractivity contribution in [2.45, 2.75) is 0 Å². The fraction of sp³-hybridized carbons (Fsp3) is 0. The molecule has 1 aromatic heterocycles. The van der Waals surface area contributed by atoms with Crippen LogP contribution in [0, 0.1) is 17.3 Å². The highest BCUT2D eigenvalue weighted by atomic mass is 16.5. The Hall–Kier alpha value is -2.64. The monoisotopic (exact) mass is 237 g/mol. The summed E-state index contributed by atoms with van der Waals surface area (Å²) >= 11 is 0. The van der Waals surface area contributed by atoms with Gasteiger partial charge >= 0.3 is 0 Å². The Morgan fingerprint density at radius 2 is 1.56 bits per heavy atom. The van der Waals surface area contributed by atoms with Crippen LogP contribution in [0.3, 0.4) is 0 Å². The van der Waals surface area contributed by atoms with Crippen LogP contribution in [0.1, 0.15) is 16.7 Å². The molecular formula is C14H11N3O. The molecule has 0 amide bonds. The van der Waals surface area contributed by atoms with Crippen LogP contribution >= 0.6 is 0 Å². The second-order valence-corrected chi connectivity index (χ2v) is 3.55. The third kappa shape index (κ3) is 2.94. The van der Waals surface area contributed by atoms with E-state index >= 15 is 0 Å². The topological polar surface area (TPSA) is 69.0 Å². The predicted molar refractivity (Wildman–Crippen MR) is 68.4 cm³/mol. The van der Waals surface area contributed by atoms with Crippen molar-refractivity contribution in [3.8, 4) is 11.8 Å². The molecule has 0 atom stereocenters. The SMILES string of the molecule is N=C(NO)c1ccc(C#Cc2ccncc2)cc1. The van der Waals surface area contributed by atoms with E-state index < -0.39 is 0 Å². The lowest BCUT2D eigenvalue weighted by Gasteiger charge is -2.00. The minimum atomic E-state index is -0.0383. The molecule has 0 bridgehead atoms. The summed E-state index contributed by atoms with van der Waals surface area (Å²) in [5.74, 6) is 5.99. The van der Waals surface area contributed by atoms with E-state index in [1.807, 2.05) is 12.1 Å². The molecule has 2 rings (SSSR count). The number of nitrogens with one attached hydrogen (secondary N) is 2. The first-order valence-electron chi connectivity index (χ1n) is 5.31. The van der Waals surface area contributed by atoms with Crippen molar-refractivity contribution in [3.63, 3.8) is 0 Å². The summed E-state index contributed by atoms with van der Waals surface area (Å²) in [6, 6.07) is 10.7. The Kier molecular flexibility index (Phi) is 3.69. The van der Waals surface area contributed by atoms with E-state index in [0.717, 1.165) is 11.1 Å². The van der Waals surface area contributed by atoms with E-state index in [0.29, 0.717) is 5.56 Å². The number of nitrogens with zero attached hydrogens (tertiary/aromatic N) is 1. The van der Waals surface area contributed by atoms with E-state index in [1.54, 1.807) is 42.1 Å². The van der Waals surface area contributed by atoms with Gasteiger partial charge in [-0.1, -0.05) is 11.8 Å². The van der Waals surface area contributed by atoms with Crippen LogP contribution in [-0.4, -0.2) is 16.0 Å². The summed E-state index contributed by atoms with van der Waals surface area (Å²) in [5, 5.41) is 16.0. The van der Waals surface area contributed by atoms with Crippen molar-refractivity contribution in [1.29, 1.82) is 5.41 Å². The normalized spacial score (nSPS) is 9.17. The molecule has 0 spiro atoms. The maximum atomic E-state index is 8.60. The molecule has 0 aliphatic heterocycles. The van der Waals surface area contributed by atoms with E-state index in [4.69, 9.17) is 10.6 Å². The van der Waals surface area contributed by atoms with Crippen LogP contribution in [0.25, 0.3) is 0 Å². The minimum absolute atomic E-state index is 0.0383. The van der Waals surface area contributed by atoms with Gasteiger partial charge in [-0.2, -0.15) is 0 Å².